The number of benzene rings is 1. The molecule has 11 heteroatoms. The van der Waals surface area contributed by atoms with Crippen molar-refractivity contribution >= 4 is 40.2 Å². The number of rotatable bonds is 4. The van der Waals surface area contributed by atoms with Crippen molar-refractivity contribution in [3.8, 4) is 0 Å². The van der Waals surface area contributed by atoms with Crippen molar-refractivity contribution in [2.24, 2.45) is 0 Å². The van der Waals surface area contributed by atoms with Gasteiger partial charge in [-0.15, -0.1) is 0 Å². The lowest BCUT2D eigenvalue weighted by molar-refractivity contribution is -0.754. The van der Waals surface area contributed by atoms with E-state index in [0.29, 0.717) is 12.7 Å². The largest absolute Gasteiger partial charge is 0.417 e. The molecule has 2 N–H and O–H groups in total. The van der Waals surface area contributed by atoms with Crippen LogP contribution in [-0.2, 0) is 12.7 Å². The fourth-order valence-corrected chi connectivity index (χ4v) is 2.48. The molecule has 3 aromatic rings. The molecule has 2 aromatic heterocycles. The highest BCUT2D eigenvalue weighted by Crippen LogP contribution is 2.29. The zero-order valence-corrected chi connectivity index (χ0v) is 15.7. The average Bonchev–Trinajstić information content (AvgIpc) is 3.03. The number of alkyl halides is 3. The molecule has 140 valence electrons. The van der Waals surface area contributed by atoms with Gasteiger partial charge in [0.05, 0.1) is 17.4 Å². The summed E-state index contributed by atoms with van der Waals surface area (Å²) in [6.45, 7) is 0.432. The third-order valence-electron chi connectivity index (χ3n) is 3.33. The van der Waals surface area contributed by atoms with Crippen molar-refractivity contribution in [2.75, 3.05) is 10.6 Å². The summed E-state index contributed by atoms with van der Waals surface area (Å²) in [5, 5.41) is 8.39. The van der Waals surface area contributed by atoms with Crippen molar-refractivity contribution in [3.63, 3.8) is 0 Å². The highest BCUT2D eigenvalue weighted by Gasteiger charge is 2.31. The van der Waals surface area contributed by atoms with Gasteiger partial charge in [0.25, 0.3) is 6.20 Å². The number of nitrogens with zero attached hydrogens (tertiary/aromatic N) is 3. The smallest absolute Gasteiger partial charge is 0.306 e. The summed E-state index contributed by atoms with van der Waals surface area (Å²) in [6, 6.07) is 7.77. The topological polar surface area (TPSA) is 83.9 Å². The Bertz CT molecular complexity index is 944. The summed E-state index contributed by atoms with van der Waals surface area (Å²) < 4.78 is 45.6. The van der Waals surface area contributed by atoms with Gasteiger partial charge in [-0.25, -0.2) is 4.79 Å². The van der Waals surface area contributed by atoms with Crippen molar-refractivity contribution in [3.05, 3.63) is 63.6 Å². The lowest BCUT2D eigenvalue weighted by Gasteiger charge is -2.08. The standard InChI is InChI=1S/C16H11F3IN5O2/c17-16(18,19)11-5-13(7-21-6-11)22-15(26)23-14-9-25(24-27-14)8-10-1-3-12(20)4-2-10/h1-7,9H,8H2,(H-,22,23,24,26)/p+1. The van der Waals surface area contributed by atoms with Crippen LogP contribution in [0.1, 0.15) is 11.1 Å². The Hall–Kier alpha value is -2.70. The van der Waals surface area contributed by atoms with Crippen LogP contribution in [0.5, 0.6) is 0 Å². The Morgan fingerprint density at radius 1 is 1.19 bits per heavy atom. The first-order valence-corrected chi connectivity index (χ1v) is 8.58. The number of carbonyl (C=O) groups excluding carboxylic acids is 1. The number of halogens is 4. The molecule has 1 aromatic carbocycles. The number of urea groups is 1. The minimum Gasteiger partial charge on any atom is -0.306 e. The second-order valence-electron chi connectivity index (χ2n) is 5.43. The van der Waals surface area contributed by atoms with E-state index in [1.807, 2.05) is 24.3 Å². The molecule has 0 radical (unpaired) electrons. The van der Waals surface area contributed by atoms with Gasteiger partial charge >= 0.3 is 18.1 Å². The lowest BCUT2D eigenvalue weighted by Crippen LogP contribution is -2.35. The Labute approximate surface area is 164 Å². The van der Waals surface area contributed by atoms with Crippen molar-refractivity contribution in [2.45, 2.75) is 12.7 Å². The number of pyridine rings is 1. The van der Waals surface area contributed by atoms with Crippen LogP contribution in [0.4, 0.5) is 29.5 Å². The van der Waals surface area contributed by atoms with Gasteiger partial charge < -0.3 is 5.32 Å². The van der Waals surface area contributed by atoms with Crippen molar-refractivity contribution in [1.29, 1.82) is 0 Å². The van der Waals surface area contributed by atoms with E-state index in [1.165, 1.54) is 10.9 Å². The zero-order valence-electron chi connectivity index (χ0n) is 13.5. The molecule has 27 heavy (non-hydrogen) atoms. The second kappa shape index (κ2) is 7.90. The number of hydrogen-bond donors (Lipinski definition) is 2. The molecular weight excluding hydrogens is 478 g/mol. The molecule has 2 heterocycles. The molecule has 2 amide bonds. The minimum atomic E-state index is -4.55. The van der Waals surface area contributed by atoms with E-state index in [4.69, 9.17) is 4.52 Å². The van der Waals surface area contributed by atoms with E-state index in [9.17, 15) is 18.0 Å². The second-order valence-corrected chi connectivity index (χ2v) is 6.68. The van der Waals surface area contributed by atoms with Gasteiger partial charge in [0, 0.05) is 15.3 Å². The van der Waals surface area contributed by atoms with Gasteiger partial charge in [0.1, 0.15) is 0 Å². The maximum absolute atomic E-state index is 12.7. The molecule has 0 fully saturated rings. The van der Waals surface area contributed by atoms with Gasteiger partial charge in [-0.3, -0.25) is 14.8 Å². The van der Waals surface area contributed by atoms with Crippen LogP contribution in [0.3, 0.4) is 0 Å². The molecule has 0 unspecified atom stereocenters. The number of carbonyl (C=O) groups is 1. The molecule has 0 aliphatic heterocycles. The van der Waals surface area contributed by atoms with Gasteiger partial charge in [-0.05, 0) is 45.5 Å². The van der Waals surface area contributed by atoms with E-state index in [2.05, 4.69) is 43.5 Å². The highest BCUT2D eigenvalue weighted by atomic mass is 127. The van der Waals surface area contributed by atoms with Crippen LogP contribution in [0, 0.1) is 3.57 Å². The molecule has 3 rings (SSSR count). The van der Waals surface area contributed by atoms with Crippen molar-refractivity contribution < 1.29 is 27.2 Å². The first kappa shape index (κ1) is 19.1. The van der Waals surface area contributed by atoms with Crippen LogP contribution in [0.25, 0.3) is 0 Å². The summed E-state index contributed by atoms with van der Waals surface area (Å²) in [7, 11) is 0. The third kappa shape index (κ3) is 5.39. The Balaban J connectivity index is 1.60. The molecule has 0 atom stereocenters. The molecular formula is C16H12F3IN5O2+. The quantitative estimate of drug-likeness (QED) is 0.432. The molecule has 0 aliphatic rings. The average molecular weight is 490 g/mol. The lowest BCUT2D eigenvalue weighted by atomic mass is 10.2. The summed E-state index contributed by atoms with van der Waals surface area (Å²) in [6.07, 6.45) is -1.31. The molecule has 7 nitrogen and oxygen atoms in total. The number of aromatic nitrogens is 3. The van der Waals surface area contributed by atoms with E-state index in [0.717, 1.165) is 21.4 Å². The van der Waals surface area contributed by atoms with Crippen molar-refractivity contribution in [1.82, 2.24) is 10.3 Å². The van der Waals surface area contributed by atoms with E-state index >= 15 is 0 Å². The third-order valence-corrected chi connectivity index (χ3v) is 4.05. The number of amides is 2. The SMILES string of the molecule is O=C(Nc1cncc(C(F)(F)F)c1)Nc1c[n+](Cc2ccc(I)cc2)no1. The first-order valence-electron chi connectivity index (χ1n) is 7.51. The predicted octanol–water partition coefficient (Wildman–Crippen LogP) is 3.67. The summed E-state index contributed by atoms with van der Waals surface area (Å²) in [5.74, 6) is 0.0398. The summed E-state index contributed by atoms with van der Waals surface area (Å²) in [5.41, 5.74) is -0.0799. The number of nitrogens with one attached hydrogen (secondary N) is 2. The van der Waals surface area contributed by atoms with Crippen LogP contribution < -0.4 is 15.3 Å². The first-order chi connectivity index (χ1) is 12.8. The summed E-state index contributed by atoms with van der Waals surface area (Å²) >= 11 is 2.20. The Morgan fingerprint density at radius 2 is 1.93 bits per heavy atom. The van der Waals surface area contributed by atoms with Gasteiger partial charge in [-0.1, -0.05) is 12.1 Å². The van der Waals surface area contributed by atoms with E-state index < -0.39 is 17.8 Å². The van der Waals surface area contributed by atoms with Gasteiger partial charge in [0.2, 0.25) is 11.8 Å². The number of anilines is 2. The fraction of sp³-hybridized carbons (Fsp3) is 0.125. The predicted molar refractivity (Wildman–Crippen MR) is 96.8 cm³/mol. The molecule has 0 aliphatic carbocycles. The molecule has 0 saturated heterocycles. The molecule has 0 bridgehead atoms. The van der Waals surface area contributed by atoms with Crippen LogP contribution in [0.2, 0.25) is 0 Å². The van der Waals surface area contributed by atoms with Crippen LogP contribution in [-0.4, -0.2) is 16.3 Å². The van der Waals surface area contributed by atoms with E-state index in [1.54, 1.807) is 0 Å². The normalized spacial score (nSPS) is 11.3. The van der Waals surface area contributed by atoms with Crippen LogP contribution >= 0.6 is 22.6 Å². The van der Waals surface area contributed by atoms with Gasteiger partial charge in [0.15, 0.2) is 0 Å². The maximum atomic E-state index is 12.7. The highest BCUT2D eigenvalue weighted by molar-refractivity contribution is 14.1. The maximum Gasteiger partial charge on any atom is 0.417 e. The van der Waals surface area contributed by atoms with Crippen LogP contribution in [0.15, 0.2) is 53.4 Å². The zero-order chi connectivity index (χ0) is 19.4. The van der Waals surface area contributed by atoms with Gasteiger partial charge in [-0.2, -0.15) is 13.2 Å². The minimum absolute atomic E-state index is 0.0398. The van der Waals surface area contributed by atoms with E-state index in [-0.39, 0.29) is 11.6 Å². The molecule has 0 spiro atoms. The Kier molecular flexibility index (Phi) is 5.58. The Morgan fingerprint density at radius 3 is 2.63 bits per heavy atom. The number of hydrogen-bond acceptors (Lipinski definition) is 4. The monoisotopic (exact) mass is 490 g/mol. The molecule has 0 saturated carbocycles. The summed E-state index contributed by atoms with van der Waals surface area (Å²) in [4.78, 5) is 15.4. The fourth-order valence-electron chi connectivity index (χ4n) is 2.12.